The first-order chi connectivity index (χ1) is 11.2. The molecule has 0 bridgehead atoms. The predicted molar refractivity (Wildman–Crippen MR) is 89.6 cm³/mol. The summed E-state index contributed by atoms with van der Waals surface area (Å²) in [4.78, 5) is 17.2. The number of anilines is 1. The number of non-ortho nitro benzene ring substituents is 1. The van der Waals surface area contributed by atoms with Crippen molar-refractivity contribution in [3.8, 4) is 0 Å². The molecule has 0 atom stereocenters. The highest BCUT2D eigenvalue weighted by molar-refractivity contribution is 5.99. The van der Waals surface area contributed by atoms with Crippen LogP contribution in [0.3, 0.4) is 0 Å². The van der Waals surface area contributed by atoms with Gasteiger partial charge in [-0.15, -0.1) is 0 Å². The van der Waals surface area contributed by atoms with E-state index >= 15 is 0 Å². The van der Waals surface area contributed by atoms with Crippen molar-refractivity contribution in [2.45, 2.75) is 13.0 Å². The van der Waals surface area contributed by atoms with E-state index in [1.165, 1.54) is 11.1 Å². The zero-order valence-corrected chi connectivity index (χ0v) is 12.5. The SMILES string of the molecule is O=[N+]([O-])c1ccc(N2CCc3ccccc3C2)c2ccncc12. The van der Waals surface area contributed by atoms with Gasteiger partial charge in [0.1, 0.15) is 0 Å². The standard InChI is InChI=1S/C18H15N3O2/c22-21(23)18-6-5-17(15-7-9-19-11-16(15)18)20-10-8-13-3-1-2-4-14(13)12-20/h1-7,9,11H,8,10,12H2. The van der Waals surface area contributed by atoms with Crippen LogP contribution in [0.2, 0.25) is 0 Å². The zero-order chi connectivity index (χ0) is 15.8. The minimum atomic E-state index is -0.348. The van der Waals surface area contributed by atoms with E-state index < -0.39 is 0 Å². The van der Waals surface area contributed by atoms with Crippen molar-refractivity contribution < 1.29 is 4.92 Å². The number of hydrogen-bond acceptors (Lipinski definition) is 4. The number of nitro benzene ring substituents is 1. The van der Waals surface area contributed by atoms with Crippen LogP contribution in [0.25, 0.3) is 10.8 Å². The smallest absolute Gasteiger partial charge is 0.278 e. The Bertz CT molecular complexity index is 908. The number of aromatic nitrogens is 1. The van der Waals surface area contributed by atoms with Gasteiger partial charge in [-0.3, -0.25) is 15.1 Å². The van der Waals surface area contributed by atoms with E-state index in [0.29, 0.717) is 5.39 Å². The summed E-state index contributed by atoms with van der Waals surface area (Å²) in [6, 6.07) is 13.7. The molecule has 0 N–H and O–H groups in total. The van der Waals surface area contributed by atoms with Crippen molar-refractivity contribution >= 4 is 22.1 Å². The van der Waals surface area contributed by atoms with Crippen molar-refractivity contribution in [3.05, 3.63) is 76.1 Å². The normalized spacial score (nSPS) is 13.8. The second-order valence-electron chi connectivity index (χ2n) is 5.72. The zero-order valence-electron chi connectivity index (χ0n) is 12.5. The fraction of sp³-hybridized carbons (Fsp3) is 0.167. The molecule has 4 rings (SSSR count). The molecule has 23 heavy (non-hydrogen) atoms. The molecular formula is C18H15N3O2. The van der Waals surface area contributed by atoms with E-state index in [1.54, 1.807) is 18.5 Å². The fourth-order valence-electron chi connectivity index (χ4n) is 3.30. The second kappa shape index (κ2) is 5.35. The van der Waals surface area contributed by atoms with Crippen LogP contribution in [0, 0.1) is 10.1 Å². The van der Waals surface area contributed by atoms with Crippen LogP contribution in [0.5, 0.6) is 0 Å². The summed E-state index contributed by atoms with van der Waals surface area (Å²) in [5.74, 6) is 0. The van der Waals surface area contributed by atoms with E-state index in [0.717, 1.165) is 30.6 Å². The Kier molecular flexibility index (Phi) is 3.19. The first-order valence-electron chi connectivity index (χ1n) is 7.57. The van der Waals surface area contributed by atoms with Crippen molar-refractivity contribution in [2.24, 2.45) is 0 Å². The van der Waals surface area contributed by atoms with Gasteiger partial charge in [-0.25, -0.2) is 0 Å². The Hall–Kier alpha value is -2.95. The van der Waals surface area contributed by atoms with Crippen molar-refractivity contribution in [1.29, 1.82) is 0 Å². The number of rotatable bonds is 2. The summed E-state index contributed by atoms with van der Waals surface area (Å²) >= 11 is 0. The maximum Gasteiger partial charge on any atom is 0.278 e. The lowest BCUT2D eigenvalue weighted by atomic mass is 9.98. The number of pyridine rings is 1. The number of hydrogen-bond donors (Lipinski definition) is 0. The lowest BCUT2D eigenvalue weighted by molar-refractivity contribution is -0.383. The van der Waals surface area contributed by atoms with Crippen LogP contribution in [0.15, 0.2) is 54.9 Å². The first-order valence-corrected chi connectivity index (χ1v) is 7.57. The van der Waals surface area contributed by atoms with E-state index in [2.05, 4.69) is 34.1 Å². The summed E-state index contributed by atoms with van der Waals surface area (Å²) in [5.41, 5.74) is 3.84. The van der Waals surface area contributed by atoms with Gasteiger partial charge in [0.2, 0.25) is 0 Å². The molecule has 1 aliphatic heterocycles. The molecule has 1 aliphatic rings. The molecule has 0 saturated heterocycles. The fourth-order valence-corrected chi connectivity index (χ4v) is 3.30. The van der Waals surface area contributed by atoms with E-state index in [1.807, 2.05) is 12.1 Å². The van der Waals surface area contributed by atoms with Gasteiger partial charge in [-0.05, 0) is 29.7 Å². The van der Waals surface area contributed by atoms with Gasteiger partial charge in [0.05, 0.1) is 10.3 Å². The highest BCUT2D eigenvalue weighted by atomic mass is 16.6. The highest BCUT2D eigenvalue weighted by Gasteiger charge is 2.21. The van der Waals surface area contributed by atoms with E-state index in [-0.39, 0.29) is 10.6 Å². The van der Waals surface area contributed by atoms with E-state index in [9.17, 15) is 10.1 Å². The monoisotopic (exact) mass is 305 g/mol. The minimum absolute atomic E-state index is 0.106. The lowest BCUT2D eigenvalue weighted by Gasteiger charge is -2.31. The summed E-state index contributed by atoms with van der Waals surface area (Å²) < 4.78 is 0. The molecule has 5 heteroatoms. The average Bonchev–Trinajstić information content (AvgIpc) is 2.60. The molecule has 114 valence electrons. The van der Waals surface area contributed by atoms with Gasteiger partial charge in [-0.1, -0.05) is 24.3 Å². The maximum absolute atomic E-state index is 11.2. The van der Waals surface area contributed by atoms with Crippen molar-refractivity contribution in [1.82, 2.24) is 4.98 Å². The molecule has 1 aromatic heterocycles. The van der Waals surface area contributed by atoms with Gasteiger partial charge in [0.25, 0.3) is 5.69 Å². The minimum Gasteiger partial charge on any atom is -0.366 e. The highest BCUT2D eigenvalue weighted by Crippen LogP contribution is 2.35. The van der Waals surface area contributed by atoms with Crippen LogP contribution in [0.4, 0.5) is 11.4 Å². The van der Waals surface area contributed by atoms with Crippen LogP contribution in [-0.4, -0.2) is 16.5 Å². The van der Waals surface area contributed by atoms with Gasteiger partial charge >= 0.3 is 0 Å². The van der Waals surface area contributed by atoms with E-state index in [4.69, 9.17) is 0 Å². The molecule has 3 aromatic rings. The molecule has 2 aromatic carbocycles. The first kappa shape index (κ1) is 13.7. The molecule has 5 nitrogen and oxygen atoms in total. The molecule has 0 amide bonds. The van der Waals surface area contributed by atoms with Gasteiger partial charge in [-0.2, -0.15) is 0 Å². The number of fused-ring (bicyclic) bond motifs is 2. The Labute approximate surface area is 133 Å². The summed E-state index contributed by atoms with van der Waals surface area (Å²) in [6.45, 7) is 1.73. The Morgan fingerprint density at radius 2 is 1.87 bits per heavy atom. The van der Waals surface area contributed by atoms with Crippen LogP contribution in [0.1, 0.15) is 11.1 Å². The largest absolute Gasteiger partial charge is 0.366 e. The van der Waals surface area contributed by atoms with Gasteiger partial charge in [0.15, 0.2) is 0 Å². The van der Waals surface area contributed by atoms with Gasteiger partial charge in [0, 0.05) is 42.6 Å². The van der Waals surface area contributed by atoms with Crippen LogP contribution >= 0.6 is 0 Å². The third-order valence-electron chi connectivity index (χ3n) is 4.44. The Morgan fingerprint density at radius 1 is 1.04 bits per heavy atom. The van der Waals surface area contributed by atoms with Gasteiger partial charge < -0.3 is 4.90 Å². The molecule has 0 spiro atoms. The van der Waals surface area contributed by atoms with Crippen LogP contribution < -0.4 is 4.90 Å². The van der Waals surface area contributed by atoms with Crippen molar-refractivity contribution in [2.75, 3.05) is 11.4 Å². The molecule has 0 aliphatic carbocycles. The number of benzene rings is 2. The molecule has 2 heterocycles. The van der Waals surface area contributed by atoms with Crippen LogP contribution in [-0.2, 0) is 13.0 Å². The molecule has 0 unspecified atom stereocenters. The van der Waals surface area contributed by atoms with Crippen molar-refractivity contribution in [3.63, 3.8) is 0 Å². The summed E-state index contributed by atoms with van der Waals surface area (Å²) in [5, 5.41) is 12.7. The molecule has 0 fully saturated rings. The predicted octanol–water partition coefficient (Wildman–Crippen LogP) is 3.71. The average molecular weight is 305 g/mol. The molecular weight excluding hydrogens is 290 g/mol. The maximum atomic E-state index is 11.2. The quantitative estimate of drug-likeness (QED) is 0.535. The Morgan fingerprint density at radius 3 is 2.70 bits per heavy atom. The molecule has 0 saturated carbocycles. The number of nitro groups is 1. The molecule has 0 radical (unpaired) electrons. The number of nitrogens with zero attached hydrogens (tertiary/aromatic N) is 3. The summed E-state index contributed by atoms with van der Waals surface area (Å²) in [7, 11) is 0. The topological polar surface area (TPSA) is 59.3 Å². The Balaban J connectivity index is 1.82. The third kappa shape index (κ3) is 2.30. The lowest BCUT2D eigenvalue weighted by Crippen LogP contribution is -2.30. The third-order valence-corrected chi connectivity index (χ3v) is 4.44. The second-order valence-corrected chi connectivity index (χ2v) is 5.72. The summed E-state index contributed by atoms with van der Waals surface area (Å²) in [6.07, 6.45) is 4.25.